The van der Waals surface area contributed by atoms with Crippen LogP contribution in [0.3, 0.4) is 0 Å². The molecule has 1 fully saturated rings. The Balaban J connectivity index is 1.36. The fourth-order valence-electron chi connectivity index (χ4n) is 3.97. The fourth-order valence-corrected chi connectivity index (χ4v) is 6.61. The number of thioether (sulfide) groups is 1. The number of fused-ring (bicyclic) bond motifs is 2. The molecule has 0 bridgehead atoms. The van der Waals surface area contributed by atoms with Crippen LogP contribution in [0.1, 0.15) is 5.69 Å². The molecule has 14 heteroatoms. The van der Waals surface area contributed by atoms with E-state index in [1.807, 2.05) is 34.5 Å². The zero-order chi connectivity index (χ0) is 24.7. The predicted octanol–water partition coefficient (Wildman–Crippen LogP) is -0.318. The number of carbonyl (C=O) groups is 3. The van der Waals surface area contributed by atoms with E-state index in [-0.39, 0.29) is 22.2 Å². The highest BCUT2D eigenvalue weighted by Crippen LogP contribution is 2.40. The topological polar surface area (TPSA) is 154 Å². The number of hydrogen-bond donors (Lipinski definition) is 2. The van der Waals surface area contributed by atoms with Crippen LogP contribution in [0.25, 0.3) is 10.1 Å². The van der Waals surface area contributed by atoms with Crippen LogP contribution in [-0.4, -0.2) is 57.7 Å². The van der Waals surface area contributed by atoms with Gasteiger partial charge >= 0.3 is 0 Å². The third-order valence-electron chi connectivity index (χ3n) is 5.51. The molecule has 3 N–H and O–H groups in total. The monoisotopic (exact) mass is 530 g/mol. The number of nitrogens with zero attached hydrogens (tertiary/aromatic N) is 4. The van der Waals surface area contributed by atoms with Crippen molar-refractivity contribution in [3.63, 3.8) is 0 Å². The normalized spacial score (nSPS) is 20.0. The molecule has 0 unspecified atom stereocenters. The van der Waals surface area contributed by atoms with Gasteiger partial charge in [-0.25, -0.2) is 9.55 Å². The Kier molecular flexibility index (Phi) is 6.17. The van der Waals surface area contributed by atoms with Crippen molar-refractivity contribution in [3.8, 4) is 0 Å². The van der Waals surface area contributed by atoms with E-state index in [2.05, 4.69) is 15.5 Å². The van der Waals surface area contributed by atoms with Crippen LogP contribution in [0.4, 0.5) is 5.13 Å². The summed E-state index contributed by atoms with van der Waals surface area (Å²) in [7, 11) is 1.28. The minimum atomic E-state index is -1.43. The van der Waals surface area contributed by atoms with E-state index in [1.54, 1.807) is 16.7 Å². The number of nitrogens with one attached hydrogen (secondary N) is 1. The van der Waals surface area contributed by atoms with Crippen molar-refractivity contribution >= 4 is 73.1 Å². The lowest BCUT2D eigenvalue weighted by Gasteiger charge is -2.50. The molecule has 11 nitrogen and oxygen atoms in total. The molecule has 2 aliphatic heterocycles. The van der Waals surface area contributed by atoms with E-state index in [0.29, 0.717) is 17.9 Å². The van der Waals surface area contributed by atoms with Gasteiger partial charge in [0.1, 0.15) is 24.2 Å². The number of pyridine rings is 1. The third-order valence-corrected chi connectivity index (χ3v) is 8.42. The fraction of sp³-hybridized carbons (Fsp3) is 0.238. The highest BCUT2D eigenvalue weighted by Gasteiger charge is 2.53. The Hall–Kier alpha value is -3.49. The standard InChI is InChI=1S/C21H18N6O5S3/c1-32-25-14(12-9-35-21(22)23-12)17(28)24-15-18(29)27-16(20(30)31)11(8-34-19(15)27)7-26-4-2-13-10(6-26)3-5-33-13/h2-6,9,15,19H,7-8H2,1H3,(H3-,22,23,24,28,30,31)/b25-14-/t15-,19-/m1/s1. The second-order valence-corrected chi connectivity index (χ2v) is 10.6. The summed E-state index contributed by atoms with van der Waals surface area (Å²) in [6, 6.07) is 3.02. The molecule has 35 heavy (non-hydrogen) atoms. The maximum atomic E-state index is 13.0. The van der Waals surface area contributed by atoms with Gasteiger partial charge in [-0.15, -0.1) is 34.4 Å². The summed E-state index contributed by atoms with van der Waals surface area (Å²) in [4.78, 5) is 47.8. The summed E-state index contributed by atoms with van der Waals surface area (Å²) in [5.41, 5.74) is 6.13. The molecule has 180 valence electrons. The van der Waals surface area contributed by atoms with Crippen LogP contribution in [0.5, 0.6) is 0 Å². The molecule has 0 saturated carbocycles. The van der Waals surface area contributed by atoms with E-state index in [9.17, 15) is 19.5 Å². The Morgan fingerprint density at radius 2 is 2.23 bits per heavy atom. The summed E-state index contributed by atoms with van der Waals surface area (Å²) in [5.74, 6) is -2.29. The molecule has 0 spiro atoms. The maximum absolute atomic E-state index is 13.0. The van der Waals surface area contributed by atoms with Crippen LogP contribution in [0.15, 0.2) is 51.7 Å². The molecule has 2 aliphatic rings. The van der Waals surface area contributed by atoms with Gasteiger partial charge in [-0.3, -0.25) is 14.5 Å². The summed E-state index contributed by atoms with van der Waals surface area (Å²) < 4.78 is 3.01. The van der Waals surface area contributed by atoms with Crippen molar-refractivity contribution in [2.24, 2.45) is 5.16 Å². The number of rotatable bonds is 7. The number of nitrogen functional groups attached to an aromatic ring is 1. The number of hydrogen-bond acceptors (Lipinski definition) is 11. The number of carboxylic acids is 1. The second kappa shape index (κ2) is 9.28. The summed E-state index contributed by atoms with van der Waals surface area (Å²) in [6.45, 7) is 0.297. The molecule has 2 amide bonds. The number of β-lactam (4-membered cyclic amide) rings is 1. The van der Waals surface area contributed by atoms with Crippen LogP contribution >= 0.6 is 34.4 Å². The van der Waals surface area contributed by atoms with Crippen LogP contribution in [-0.2, 0) is 25.8 Å². The van der Waals surface area contributed by atoms with Crippen molar-refractivity contribution < 1.29 is 28.9 Å². The summed E-state index contributed by atoms with van der Waals surface area (Å²) in [5, 5.41) is 22.6. The van der Waals surface area contributed by atoms with E-state index in [0.717, 1.165) is 21.4 Å². The Morgan fingerprint density at radius 1 is 1.40 bits per heavy atom. The first kappa shape index (κ1) is 23.3. The molecule has 5 rings (SSSR count). The number of thiophene rings is 1. The highest BCUT2D eigenvalue weighted by atomic mass is 32.2. The molecule has 0 aliphatic carbocycles. The molecule has 3 aromatic rings. The maximum Gasteiger partial charge on any atom is 0.276 e. The lowest BCUT2D eigenvalue weighted by Crippen LogP contribution is -2.71. The van der Waals surface area contributed by atoms with E-state index in [4.69, 9.17) is 10.6 Å². The molecule has 2 atom stereocenters. The number of aliphatic carboxylic acids is 1. The zero-order valence-electron chi connectivity index (χ0n) is 18.2. The molecule has 0 radical (unpaired) electrons. The van der Waals surface area contributed by atoms with Crippen molar-refractivity contribution in [2.45, 2.75) is 18.0 Å². The lowest BCUT2D eigenvalue weighted by molar-refractivity contribution is -0.687. The Labute approximate surface area is 210 Å². The first-order valence-electron chi connectivity index (χ1n) is 10.2. The average Bonchev–Trinajstić information content (AvgIpc) is 3.48. The predicted molar refractivity (Wildman–Crippen MR) is 129 cm³/mol. The minimum absolute atomic E-state index is 0.135. The van der Waals surface area contributed by atoms with Gasteiger partial charge in [-0.2, -0.15) is 0 Å². The Bertz CT molecular complexity index is 1410. The Morgan fingerprint density at radius 3 is 2.94 bits per heavy atom. The van der Waals surface area contributed by atoms with Crippen molar-refractivity contribution in [3.05, 3.63) is 52.3 Å². The van der Waals surface area contributed by atoms with Crippen LogP contribution in [0.2, 0.25) is 0 Å². The second-order valence-electron chi connectivity index (χ2n) is 7.65. The number of aromatic nitrogens is 2. The molecule has 3 aromatic heterocycles. The van der Waals surface area contributed by atoms with Crippen LogP contribution in [0, 0.1) is 0 Å². The van der Waals surface area contributed by atoms with E-state index in [1.165, 1.54) is 23.8 Å². The van der Waals surface area contributed by atoms with Gasteiger partial charge in [0.15, 0.2) is 29.8 Å². The van der Waals surface area contributed by atoms with Gasteiger partial charge < -0.3 is 25.8 Å². The highest BCUT2D eigenvalue weighted by molar-refractivity contribution is 8.00. The van der Waals surface area contributed by atoms with Gasteiger partial charge in [0, 0.05) is 27.5 Å². The van der Waals surface area contributed by atoms with Gasteiger partial charge in [-0.05, 0) is 11.4 Å². The molecule has 1 saturated heterocycles. The van der Waals surface area contributed by atoms with E-state index < -0.39 is 29.2 Å². The van der Waals surface area contributed by atoms with Gasteiger partial charge in [0.05, 0.1) is 17.1 Å². The van der Waals surface area contributed by atoms with E-state index >= 15 is 0 Å². The van der Waals surface area contributed by atoms with Crippen molar-refractivity contribution in [1.82, 2.24) is 15.2 Å². The molecule has 5 heterocycles. The number of carboxylic acid groups (broad SMARTS) is 1. The smallest absolute Gasteiger partial charge is 0.276 e. The average molecular weight is 531 g/mol. The molecular weight excluding hydrogens is 512 g/mol. The number of carbonyl (C=O) groups excluding carboxylic acids is 3. The largest absolute Gasteiger partial charge is 0.543 e. The molecular formula is C21H18N6O5S3. The van der Waals surface area contributed by atoms with Gasteiger partial charge in [0.2, 0.25) is 0 Å². The summed E-state index contributed by atoms with van der Waals surface area (Å²) in [6.07, 6.45) is 3.81. The minimum Gasteiger partial charge on any atom is -0.543 e. The van der Waals surface area contributed by atoms with Gasteiger partial charge in [0.25, 0.3) is 11.8 Å². The summed E-state index contributed by atoms with van der Waals surface area (Å²) >= 11 is 4.12. The number of amides is 2. The number of thiazole rings is 1. The number of anilines is 1. The first-order chi connectivity index (χ1) is 16.9. The SMILES string of the molecule is CO/N=C(\C(=O)N[C@@H]1C(=O)N2C(C(=O)[O-])=C(C[n+]3ccc4sccc4c3)CS[C@H]12)c1csc(N)n1. The number of oxime groups is 1. The zero-order valence-corrected chi connectivity index (χ0v) is 20.6. The first-order valence-corrected chi connectivity index (χ1v) is 13.1. The van der Waals surface area contributed by atoms with Gasteiger partial charge in [-0.1, -0.05) is 5.16 Å². The van der Waals surface area contributed by atoms with Crippen molar-refractivity contribution in [1.29, 1.82) is 0 Å². The lowest BCUT2D eigenvalue weighted by atomic mass is 10.0. The van der Waals surface area contributed by atoms with Crippen molar-refractivity contribution in [2.75, 3.05) is 18.6 Å². The quantitative estimate of drug-likeness (QED) is 0.182. The molecule has 0 aromatic carbocycles. The number of nitrogens with two attached hydrogens (primary N) is 1. The van der Waals surface area contributed by atoms with Crippen LogP contribution < -0.4 is 20.7 Å². The third kappa shape index (κ3) is 4.24.